The summed E-state index contributed by atoms with van der Waals surface area (Å²) in [6, 6.07) is 0. The minimum Gasteiger partial charge on any atom is -0.394 e. The summed E-state index contributed by atoms with van der Waals surface area (Å²) < 4.78 is 6.82. The SMILES string of the molecule is CNCc1cn([C@@H]2O[C@H](CO)[C@H](O)[C@@H]2O)c(=S)[nH]c1=O. The highest BCUT2D eigenvalue weighted by Crippen LogP contribution is 2.29. The van der Waals surface area contributed by atoms with E-state index in [9.17, 15) is 15.0 Å². The van der Waals surface area contributed by atoms with Crippen LogP contribution in [0.25, 0.3) is 0 Å². The van der Waals surface area contributed by atoms with Gasteiger partial charge in [-0.2, -0.15) is 0 Å². The van der Waals surface area contributed by atoms with Gasteiger partial charge in [0, 0.05) is 18.3 Å². The molecule has 2 heterocycles. The number of hydrogen-bond acceptors (Lipinski definition) is 7. The Kier molecular flexibility index (Phi) is 4.68. The molecular formula is C11H17N3O5S. The molecule has 1 fully saturated rings. The smallest absolute Gasteiger partial charge is 0.256 e. The number of hydrogen-bond donors (Lipinski definition) is 5. The van der Waals surface area contributed by atoms with Crippen molar-refractivity contribution in [3.8, 4) is 0 Å². The van der Waals surface area contributed by atoms with Crippen LogP contribution in [-0.2, 0) is 11.3 Å². The molecule has 9 heteroatoms. The summed E-state index contributed by atoms with van der Waals surface area (Å²) in [6.07, 6.45) is -2.84. The number of aliphatic hydroxyl groups excluding tert-OH is 3. The lowest BCUT2D eigenvalue weighted by Crippen LogP contribution is -2.33. The van der Waals surface area contributed by atoms with Crippen LogP contribution in [0.15, 0.2) is 11.0 Å². The van der Waals surface area contributed by atoms with E-state index in [2.05, 4.69) is 10.3 Å². The van der Waals surface area contributed by atoms with Crippen molar-refractivity contribution in [3.63, 3.8) is 0 Å². The Morgan fingerprint density at radius 3 is 2.75 bits per heavy atom. The molecule has 0 aromatic carbocycles. The molecule has 1 aliphatic rings. The van der Waals surface area contributed by atoms with Crippen molar-refractivity contribution in [1.82, 2.24) is 14.9 Å². The fraction of sp³-hybridized carbons (Fsp3) is 0.636. The summed E-state index contributed by atoms with van der Waals surface area (Å²) in [7, 11) is 1.69. The first kappa shape index (κ1) is 15.3. The number of aromatic amines is 1. The zero-order valence-electron chi connectivity index (χ0n) is 10.8. The van der Waals surface area contributed by atoms with Crippen molar-refractivity contribution in [2.75, 3.05) is 13.7 Å². The number of nitrogens with one attached hydrogen (secondary N) is 2. The summed E-state index contributed by atoms with van der Waals surface area (Å²) in [5.41, 5.74) is 0.0891. The molecule has 1 saturated heterocycles. The molecule has 0 bridgehead atoms. The topological polar surface area (TPSA) is 120 Å². The Balaban J connectivity index is 2.40. The van der Waals surface area contributed by atoms with Gasteiger partial charge in [0.05, 0.1) is 6.61 Å². The van der Waals surface area contributed by atoms with E-state index < -0.39 is 31.1 Å². The molecule has 20 heavy (non-hydrogen) atoms. The van der Waals surface area contributed by atoms with Gasteiger partial charge in [-0.3, -0.25) is 14.3 Å². The number of aromatic nitrogens is 2. The van der Waals surface area contributed by atoms with Crippen LogP contribution < -0.4 is 10.9 Å². The number of rotatable bonds is 4. The average molecular weight is 303 g/mol. The number of aliphatic hydroxyl groups is 3. The van der Waals surface area contributed by atoms with Crippen LogP contribution in [0.1, 0.15) is 11.8 Å². The van der Waals surface area contributed by atoms with Crippen LogP contribution in [0.2, 0.25) is 0 Å². The van der Waals surface area contributed by atoms with E-state index in [1.54, 1.807) is 7.05 Å². The lowest BCUT2D eigenvalue weighted by molar-refractivity contribution is -0.0542. The largest absolute Gasteiger partial charge is 0.394 e. The first-order valence-corrected chi connectivity index (χ1v) is 6.51. The van der Waals surface area contributed by atoms with Crippen LogP contribution in [0.3, 0.4) is 0 Å². The Morgan fingerprint density at radius 2 is 2.20 bits per heavy atom. The van der Waals surface area contributed by atoms with Crippen LogP contribution in [0.4, 0.5) is 0 Å². The molecule has 0 aliphatic carbocycles. The second kappa shape index (κ2) is 6.12. The van der Waals surface area contributed by atoms with E-state index in [1.165, 1.54) is 10.8 Å². The Labute approximate surface area is 119 Å². The molecule has 112 valence electrons. The molecule has 0 radical (unpaired) electrons. The third-order valence-electron chi connectivity index (χ3n) is 3.20. The standard InChI is InChI=1S/C11H17N3O5S/c1-12-2-5-3-14(11(20)13-9(5)18)10-8(17)7(16)6(4-15)19-10/h3,6-8,10,12,15-17H,2,4H2,1H3,(H,13,18,20)/t6-,7+,8+,10-/m1/s1. The third-order valence-corrected chi connectivity index (χ3v) is 3.51. The molecule has 0 unspecified atom stereocenters. The van der Waals surface area contributed by atoms with E-state index in [0.29, 0.717) is 12.1 Å². The summed E-state index contributed by atoms with van der Waals surface area (Å²) in [6.45, 7) is -0.103. The second-order valence-corrected chi connectivity index (χ2v) is 4.97. The maximum Gasteiger partial charge on any atom is 0.256 e. The fourth-order valence-electron chi connectivity index (χ4n) is 2.14. The van der Waals surface area contributed by atoms with E-state index in [-0.39, 0.29) is 10.3 Å². The molecule has 8 nitrogen and oxygen atoms in total. The fourth-order valence-corrected chi connectivity index (χ4v) is 2.39. The van der Waals surface area contributed by atoms with Gasteiger partial charge in [-0.05, 0) is 19.3 Å². The molecule has 1 aromatic heterocycles. The average Bonchev–Trinajstić information content (AvgIpc) is 2.70. The lowest BCUT2D eigenvalue weighted by atomic mass is 10.1. The molecule has 2 rings (SSSR count). The second-order valence-electron chi connectivity index (χ2n) is 4.58. The first-order chi connectivity index (χ1) is 9.49. The molecule has 0 amide bonds. The minimum atomic E-state index is -1.24. The van der Waals surface area contributed by atoms with Gasteiger partial charge < -0.3 is 25.4 Å². The van der Waals surface area contributed by atoms with Crippen LogP contribution in [0.5, 0.6) is 0 Å². The minimum absolute atomic E-state index is 0.0738. The molecule has 1 aliphatic heterocycles. The highest BCUT2D eigenvalue weighted by atomic mass is 32.1. The summed E-state index contributed by atoms with van der Waals surface area (Å²) in [4.78, 5) is 14.2. The zero-order valence-corrected chi connectivity index (χ0v) is 11.6. The first-order valence-electron chi connectivity index (χ1n) is 6.11. The van der Waals surface area contributed by atoms with E-state index >= 15 is 0 Å². The van der Waals surface area contributed by atoms with Crippen molar-refractivity contribution >= 4 is 12.2 Å². The van der Waals surface area contributed by atoms with E-state index in [0.717, 1.165) is 0 Å². The highest BCUT2D eigenvalue weighted by molar-refractivity contribution is 7.71. The summed E-state index contributed by atoms with van der Waals surface area (Å²) in [5, 5.41) is 31.6. The van der Waals surface area contributed by atoms with Gasteiger partial charge in [-0.15, -0.1) is 0 Å². The molecule has 0 saturated carbocycles. The molecule has 4 atom stereocenters. The number of nitrogens with zero attached hydrogens (tertiary/aromatic N) is 1. The van der Waals surface area contributed by atoms with Gasteiger partial charge in [0.1, 0.15) is 18.3 Å². The van der Waals surface area contributed by atoms with Gasteiger partial charge in [0.2, 0.25) is 0 Å². The normalized spacial score (nSPS) is 29.8. The lowest BCUT2D eigenvalue weighted by Gasteiger charge is -2.19. The quantitative estimate of drug-likeness (QED) is 0.418. The third kappa shape index (κ3) is 2.68. The maximum atomic E-state index is 11.7. The van der Waals surface area contributed by atoms with Crippen LogP contribution in [0, 0.1) is 4.77 Å². The summed E-state index contributed by atoms with van der Waals surface area (Å²) in [5.74, 6) is 0. The van der Waals surface area contributed by atoms with Crippen molar-refractivity contribution in [2.24, 2.45) is 0 Å². The van der Waals surface area contributed by atoms with Gasteiger partial charge in [-0.25, -0.2) is 0 Å². The van der Waals surface area contributed by atoms with Gasteiger partial charge in [0.15, 0.2) is 11.0 Å². The molecule has 5 N–H and O–H groups in total. The van der Waals surface area contributed by atoms with Crippen molar-refractivity contribution in [1.29, 1.82) is 0 Å². The number of ether oxygens (including phenoxy) is 1. The Morgan fingerprint density at radius 1 is 1.50 bits per heavy atom. The van der Waals surface area contributed by atoms with E-state index in [4.69, 9.17) is 22.1 Å². The Hall–Kier alpha value is -1.10. The van der Waals surface area contributed by atoms with Gasteiger partial charge in [-0.1, -0.05) is 0 Å². The number of H-pyrrole nitrogens is 1. The molecule has 0 spiro atoms. The van der Waals surface area contributed by atoms with Gasteiger partial charge in [0.25, 0.3) is 5.56 Å². The predicted molar refractivity (Wildman–Crippen MR) is 71.7 cm³/mol. The highest BCUT2D eigenvalue weighted by Gasteiger charge is 2.43. The van der Waals surface area contributed by atoms with Crippen molar-refractivity contribution in [3.05, 3.63) is 26.9 Å². The predicted octanol–water partition coefficient (Wildman–Crippen LogP) is -1.76. The molecular weight excluding hydrogens is 286 g/mol. The van der Waals surface area contributed by atoms with Crippen molar-refractivity contribution in [2.45, 2.75) is 31.1 Å². The monoisotopic (exact) mass is 303 g/mol. The maximum absolute atomic E-state index is 11.7. The Bertz CT molecular complexity index is 586. The van der Waals surface area contributed by atoms with Crippen molar-refractivity contribution < 1.29 is 20.1 Å². The van der Waals surface area contributed by atoms with Crippen LogP contribution >= 0.6 is 12.2 Å². The van der Waals surface area contributed by atoms with Gasteiger partial charge >= 0.3 is 0 Å². The zero-order chi connectivity index (χ0) is 14.9. The molecule has 1 aromatic rings. The van der Waals surface area contributed by atoms with Crippen LogP contribution in [-0.4, -0.2) is 56.8 Å². The summed E-state index contributed by atoms with van der Waals surface area (Å²) >= 11 is 5.04. The van der Waals surface area contributed by atoms with E-state index in [1.807, 2.05) is 0 Å².